The number of rotatable bonds is 4. The molecule has 1 aliphatic heterocycles. The van der Waals surface area contributed by atoms with Gasteiger partial charge in [0.2, 0.25) is 0 Å². The van der Waals surface area contributed by atoms with Gasteiger partial charge in [-0.2, -0.15) is 0 Å². The van der Waals surface area contributed by atoms with Gasteiger partial charge in [-0.1, -0.05) is 12.1 Å². The molecule has 31 heavy (non-hydrogen) atoms. The lowest BCUT2D eigenvalue weighted by Crippen LogP contribution is -2.28. The van der Waals surface area contributed by atoms with Crippen LogP contribution in [0.2, 0.25) is 0 Å². The van der Waals surface area contributed by atoms with Gasteiger partial charge in [0.25, 0.3) is 0 Å². The van der Waals surface area contributed by atoms with Gasteiger partial charge in [-0.3, -0.25) is 9.30 Å². The Morgan fingerprint density at radius 1 is 1.10 bits per heavy atom. The van der Waals surface area contributed by atoms with E-state index in [-0.39, 0.29) is 17.9 Å². The Hall–Kier alpha value is -2.90. The van der Waals surface area contributed by atoms with Gasteiger partial charge >= 0.3 is 0 Å². The third-order valence-electron chi connectivity index (χ3n) is 6.77. The largest absolute Gasteiger partial charge is 0.326 e. The molecule has 7 heteroatoms. The van der Waals surface area contributed by atoms with Crippen LogP contribution in [0, 0.1) is 5.82 Å². The number of benzene rings is 1. The molecule has 0 bridgehead atoms. The first-order chi connectivity index (χ1) is 15.1. The molecule has 2 N–H and O–H groups in total. The maximum absolute atomic E-state index is 14.4. The van der Waals surface area contributed by atoms with E-state index in [1.807, 2.05) is 28.7 Å². The van der Waals surface area contributed by atoms with Crippen LogP contribution in [-0.2, 0) is 0 Å². The zero-order valence-corrected chi connectivity index (χ0v) is 17.5. The van der Waals surface area contributed by atoms with Crippen molar-refractivity contribution >= 4 is 16.6 Å². The second-order valence-electron chi connectivity index (χ2n) is 8.97. The summed E-state index contributed by atoms with van der Waals surface area (Å²) in [5.41, 5.74) is 10.4. The number of hydrogen-bond donors (Lipinski definition) is 1. The van der Waals surface area contributed by atoms with Crippen LogP contribution < -0.4 is 5.73 Å². The highest BCUT2D eigenvalue weighted by Gasteiger charge is 2.27. The minimum Gasteiger partial charge on any atom is -0.326 e. The average molecular weight is 417 g/mol. The SMILES string of the molecule is C[C@@H](c1ccc2nnc(-c3ccc4cc(F)c(C5CC5)cc4n3)n2c1)N1CC[C@H](N)C1. The van der Waals surface area contributed by atoms with Gasteiger partial charge < -0.3 is 5.73 Å². The molecule has 0 amide bonds. The van der Waals surface area contributed by atoms with Crippen molar-refractivity contribution in [1.82, 2.24) is 24.5 Å². The molecule has 2 fully saturated rings. The van der Waals surface area contributed by atoms with Crippen LogP contribution in [0.15, 0.2) is 42.6 Å². The van der Waals surface area contributed by atoms with Gasteiger partial charge in [-0.25, -0.2) is 9.37 Å². The number of nitrogens with zero attached hydrogens (tertiary/aromatic N) is 5. The van der Waals surface area contributed by atoms with Crippen LogP contribution in [0.3, 0.4) is 0 Å². The molecular weight excluding hydrogens is 391 g/mol. The van der Waals surface area contributed by atoms with Gasteiger partial charge in [0, 0.05) is 36.8 Å². The van der Waals surface area contributed by atoms with E-state index in [2.05, 4.69) is 34.3 Å². The summed E-state index contributed by atoms with van der Waals surface area (Å²) in [5.74, 6) is 0.908. The minimum absolute atomic E-state index is 0.127. The fourth-order valence-corrected chi connectivity index (χ4v) is 4.70. The molecule has 3 aromatic heterocycles. The van der Waals surface area contributed by atoms with E-state index in [1.165, 1.54) is 5.56 Å². The second-order valence-corrected chi connectivity index (χ2v) is 8.97. The van der Waals surface area contributed by atoms with Crippen LogP contribution in [-0.4, -0.2) is 43.6 Å². The quantitative estimate of drug-likeness (QED) is 0.543. The van der Waals surface area contributed by atoms with E-state index in [0.717, 1.165) is 60.2 Å². The first-order valence-corrected chi connectivity index (χ1v) is 11.0. The Kier molecular flexibility index (Phi) is 4.30. The zero-order chi connectivity index (χ0) is 21.1. The summed E-state index contributed by atoms with van der Waals surface area (Å²) in [6.07, 6.45) is 5.25. The van der Waals surface area contributed by atoms with Crippen molar-refractivity contribution in [1.29, 1.82) is 0 Å². The summed E-state index contributed by atoms with van der Waals surface area (Å²) in [6, 6.07) is 11.9. The summed E-state index contributed by atoms with van der Waals surface area (Å²) in [6.45, 7) is 4.15. The van der Waals surface area contributed by atoms with E-state index in [9.17, 15) is 4.39 Å². The standard InChI is InChI=1S/C24H25FN6/c1-14(30-9-8-18(26)13-30)17-5-7-23-28-29-24(31(23)12-17)21-6-4-16-10-20(25)19(15-2-3-15)11-22(16)27-21/h4-7,10-12,14-15,18H,2-3,8-9,13,26H2,1H3/t14-,18-/m0/s1. The highest BCUT2D eigenvalue weighted by atomic mass is 19.1. The lowest BCUT2D eigenvalue weighted by molar-refractivity contribution is 0.259. The van der Waals surface area contributed by atoms with Crippen molar-refractivity contribution in [2.45, 2.75) is 44.2 Å². The van der Waals surface area contributed by atoms with Crippen LogP contribution in [0.1, 0.15) is 49.3 Å². The summed E-state index contributed by atoms with van der Waals surface area (Å²) in [7, 11) is 0. The highest BCUT2D eigenvalue weighted by molar-refractivity contribution is 5.82. The number of pyridine rings is 2. The predicted molar refractivity (Wildman–Crippen MR) is 118 cm³/mol. The summed E-state index contributed by atoms with van der Waals surface area (Å²) < 4.78 is 16.4. The molecule has 1 saturated carbocycles. The molecule has 2 atom stereocenters. The third-order valence-corrected chi connectivity index (χ3v) is 6.77. The zero-order valence-electron chi connectivity index (χ0n) is 17.5. The lowest BCUT2D eigenvalue weighted by Gasteiger charge is -2.24. The van der Waals surface area contributed by atoms with E-state index in [1.54, 1.807) is 6.07 Å². The summed E-state index contributed by atoms with van der Waals surface area (Å²) >= 11 is 0. The molecule has 6 nitrogen and oxygen atoms in total. The van der Waals surface area contributed by atoms with Crippen LogP contribution in [0.4, 0.5) is 4.39 Å². The summed E-state index contributed by atoms with van der Waals surface area (Å²) in [4.78, 5) is 7.24. The third kappa shape index (κ3) is 3.28. The smallest absolute Gasteiger partial charge is 0.187 e. The number of likely N-dealkylation sites (tertiary alicyclic amines) is 1. The van der Waals surface area contributed by atoms with Crippen molar-refractivity contribution in [2.24, 2.45) is 5.73 Å². The van der Waals surface area contributed by atoms with Crippen LogP contribution >= 0.6 is 0 Å². The number of fused-ring (bicyclic) bond motifs is 2. The first-order valence-electron chi connectivity index (χ1n) is 11.0. The predicted octanol–water partition coefficient (Wildman–Crippen LogP) is 4.06. The lowest BCUT2D eigenvalue weighted by atomic mass is 10.1. The normalized spacial score (nSPS) is 20.7. The molecule has 0 unspecified atom stereocenters. The number of nitrogens with two attached hydrogens (primary N) is 1. The Balaban J connectivity index is 1.40. The van der Waals surface area contributed by atoms with E-state index in [4.69, 9.17) is 10.7 Å². The first kappa shape index (κ1) is 18.8. The molecule has 6 rings (SSSR count). The van der Waals surface area contributed by atoms with E-state index >= 15 is 0 Å². The van der Waals surface area contributed by atoms with Gasteiger partial charge in [-0.05, 0) is 67.5 Å². The maximum atomic E-state index is 14.4. The molecule has 1 aromatic carbocycles. The molecule has 158 valence electrons. The summed E-state index contributed by atoms with van der Waals surface area (Å²) in [5, 5.41) is 9.55. The Labute approximate surface area is 179 Å². The van der Waals surface area contributed by atoms with Crippen molar-refractivity contribution in [3.63, 3.8) is 0 Å². The van der Waals surface area contributed by atoms with E-state index < -0.39 is 0 Å². The molecule has 0 spiro atoms. The molecule has 1 aliphatic carbocycles. The number of aromatic nitrogens is 4. The van der Waals surface area contributed by atoms with Crippen LogP contribution in [0.5, 0.6) is 0 Å². The van der Waals surface area contributed by atoms with Crippen molar-refractivity contribution < 1.29 is 4.39 Å². The minimum atomic E-state index is -0.127. The van der Waals surface area contributed by atoms with Crippen molar-refractivity contribution in [3.8, 4) is 11.5 Å². The Bertz CT molecular complexity index is 1290. The highest BCUT2D eigenvalue weighted by Crippen LogP contribution is 2.42. The molecular formula is C24H25FN6. The molecule has 2 aliphatic rings. The number of hydrogen-bond acceptors (Lipinski definition) is 5. The maximum Gasteiger partial charge on any atom is 0.187 e. The van der Waals surface area contributed by atoms with Crippen molar-refractivity contribution in [3.05, 3.63) is 59.5 Å². The van der Waals surface area contributed by atoms with Gasteiger partial charge in [0.15, 0.2) is 11.5 Å². The average Bonchev–Trinajstić information content (AvgIpc) is 3.39. The van der Waals surface area contributed by atoms with Crippen LogP contribution in [0.25, 0.3) is 28.1 Å². The number of halogens is 1. The Morgan fingerprint density at radius 2 is 1.97 bits per heavy atom. The molecule has 1 saturated heterocycles. The molecule has 0 radical (unpaired) electrons. The monoisotopic (exact) mass is 416 g/mol. The van der Waals surface area contributed by atoms with Gasteiger partial charge in [0.1, 0.15) is 11.5 Å². The van der Waals surface area contributed by atoms with Crippen molar-refractivity contribution in [2.75, 3.05) is 13.1 Å². The Morgan fingerprint density at radius 3 is 2.74 bits per heavy atom. The van der Waals surface area contributed by atoms with Gasteiger partial charge in [-0.15, -0.1) is 10.2 Å². The second kappa shape index (κ2) is 7.07. The topological polar surface area (TPSA) is 72.3 Å². The fourth-order valence-electron chi connectivity index (χ4n) is 4.70. The van der Waals surface area contributed by atoms with Gasteiger partial charge in [0.05, 0.1) is 5.52 Å². The molecule has 4 heterocycles. The fraction of sp³-hybridized carbons (Fsp3) is 0.375. The van der Waals surface area contributed by atoms with E-state index in [0.29, 0.717) is 11.7 Å². The molecule has 4 aromatic rings.